The standard InChI is InChI=1S/C14H22N2O2S2/c1-10-5-6-12(15)13(11(10)2)20(17,18)16-7-8-19-14(3,4)9-16/h5-6H,7-9,15H2,1-4H3. The molecule has 6 heteroatoms. The Morgan fingerprint density at radius 3 is 2.55 bits per heavy atom. The monoisotopic (exact) mass is 314 g/mol. The highest BCUT2D eigenvalue weighted by molar-refractivity contribution is 8.00. The summed E-state index contributed by atoms with van der Waals surface area (Å²) in [6.07, 6.45) is 0. The molecule has 0 aromatic heterocycles. The van der Waals surface area contributed by atoms with Gasteiger partial charge in [-0.25, -0.2) is 8.42 Å². The fourth-order valence-corrected chi connectivity index (χ4v) is 5.77. The number of nitrogens with zero attached hydrogens (tertiary/aromatic N) is 1. The van der Waals surface area contributed by atoms with Crippen molar-refractivity contribution >= 4 is 27.5 Å². The van der Waals surface area contributed by atoms with Crippen LogP contribution in [0.1, 0.15) is 25.0 Å². The third kappa shape index (κ3) is 2.82. The molecule has 1 heterocycles. The zero-order valence-corrected chi connectivity index (χ0v) is 14.1. The van der Waals surface area contributed by atoms with Crippen molar-refractivity contribution in [3.8, 4) is 0 Å². The molecule has 1 fully saturated rings. The normalized spacial score (nSPS) is 20.0. The summed E-state index contributed by atoms with van der Waals surface area (Å²) in [5.41, 5.74) is 7.98. The molecule has 0 atom stereocenters. The summed E-state index contributed by atoms with van der Waals surface area (Å²) in [5, 5.41) is 0. The van der Waals surface area contributed by atoms with E-state index >= 15 is 0 Å². The topological polar surface area (TPSA) is 63.4 Å². The highest BCUT2D eigenvalue weighted by atomic mass is 32.2. The molecule has 0 saturated carbocycles. The maximum absolute atomic E-state index is 12.9. The number of thioether (sulfide) groups is 1. The van der Waals surface area contributed by atoms with Crippen LogP contribution in [0.25, 0.3) is 0 Å². The van der Waals surface area contributed by atoms with Crippen LogP contribution in [0.15, 0.2) is 17.0 Å². The van der Waals surface area contributed by atoms with Gasteiger partial charge in [0.15, 0.2) is 0 Å². The summed E-state index contributed by atoms with van der Waals surface area (Å²) in [6, 6.07) is 3.54. The predicted octanol–water partition coefficient (Wildman–Crippen LogP) is 2.40. The van der Waals surface area contributed by atoms with Crippen LogP contribution in [0.5, 0.6) is 0 Å². The van der Waals surface area contributed by atoms with Crippen LogP contribution in [-0.2, 0) is 10.0 Å². The van der Waals surface area contributed by atoms with Crippen molar-refractivity contribution in [2.24, 2.45) is 0 Å². The van der Waals surface area contributed by atoms with Gasteiger partial charge in [0.25, 0.3) is 0 Å². The van der Waals surface area contributed by atoms with Gasteiger partial charge in [0, 0.05) is 23.6 Å². The highest BCUT2D eigenvalue weighted by Gasteiger charge is 2.36. The summed E-state index contributed by atoms with van der Waals surface area (Å²) in [5.74, 6) is 0.816. The van der Waals surface area contributed by atoms with E-state index in [1.165, 1.54) is 0 Å². The lowest BCUT2D eigenvalue weighted by Gasteiger charge is -2.37. The molecule has 0 radical (unpaired) electrons. The average molecular weight is 314 g/mol. The lowest BCUT2D eigenvalue weighted by Crippen LogP contribution is -2.46. The van der Waals surface area contributed by atoms with Gasteiger partial charge in [-0.2, -0.15) is 16.1 Å². The first-order valence-electron chi connectivity index (χ1n) is 6.65. The molecule has 1 aromatic carbocycles. The second-order valence-electron chi connectivity index (χ2n) is 5.87. The zero-order chi connectivity index (χ0) is 15.1. The first-order valence-corrected chi connectivity index (χ1v) is 9.07. The van der Waals surface area contributed by atoms with Crippen LogP contribution >= 0.6 is 11.8 Å². The molecule has 1 saturated heterocycles. The Hall–Kier alpha value is -0.720. The van der Waals surface area contributed by atoms with E-state index in [0.717, 1.165) is 16.9 Å². The molecule has 20 heavy (non-hydrogen) atoms. The van der Waals surface area contributed by atoms with Crippen molar-refractivity contribution in [3.05, 3.63) is 23.3 Å². The Morgan fingerprint density at radius 1 is 1.30 bits per heavy atom. The lowest BCUT2D eigenvalue weighted by molar-refractivity contribution is 0.387. The minimum absolute atomic E-state index is 0.0577. The molecule has 0 spiro atoms. The minimum Gasteiger partial charge on any atom is -0.398 e. The smallest absolute Gasteiger partial charge is 0.245 e. The Morgan fingerprint density at radius 2 is 1.95 bits per heavy atom. The fraction of sp³-hybridized carbons (Fsp3) is 0.571. The van der Waals surface area contributed by atoms with E-state index in [4.69, 9.17) is 5.73 Å². The Kier molecular flexibility index (Phi) is 4.10. The van der Waals surface area contributed by atoms with Gasteiger partial charge in [0.2, 0.25) is 10.0 Å². The van der Waals surface area contributed by atoms with Crippen LogP contribution in [0.4, 0.5) is 5.69 Å². The van der Waals surface area contributed by atoms with E-state index in [0.29, 0.717) is 18.8 Å². The van der Waals surface area contributed by atoms with Crippen molar-refractivity contribution in [1.82, 2.24) is 4.31 Å². The number of sulfonamides is 1. The zero-order valence-electron chi connectivity index (χ0n) is 12.4. The molecule has 0 aliphatic carbocycles. The molecule has 0 bridgehead atoms. The minimum atomic E-state index is -3.52. The second kappa shape index (κ2) is 5.24. The van der Waals surface area contributed by atoms with E-state index in [-0.39, 0.29) is 9.64 Å². The highest BCUT2D eigenvalue weighted by Crippen LogP contribution is 2.35. The van der Waals surface area contributed by atoms with Gasteiger partial charge in [0.05, 0.1) is 5.69 Å². The number of hydrogen-bond donors (Lipinski definition) is 1. The SMILES string of the molecule is Cc1ccc(N)c(S(=O)(=O)N2CCSC(C)(C)C2)c1C. The quantitative estimate of drug-likeness (QED) is 0.852. The first kappa shape index (κ1) is 15.7. The summed E-state index contributed by atoms with van der Waals surface area (Å²) >= 11 is 1.81. The van der Waals surface area contributed by atoms with Crippen LogP contribution in [0.2, 0.25) is 0 Å². The molecule has 1 aliphatic heterocycles. The molecule has 1 aliphatic rings. The van der Waals surface area contributed by atoms with E-state index < -0.39 is 10.0 Å². The van der Waals surface area contributed by atoms with Gasteiger partial charge in [0.1, 0.15) is 4.90 Å². The molecule has 0 unspecified atom stereocenters. The van der Waals surface area contributed by atoms with Crippen molar-refractivity contribution in [3.63, 3.8) is 0 Å². The Labute approximate surface area is 125 Å². The first-order chi connectivity index (χ1) is 9.15. The summed E-state index contributed by atoms with van der Waals surface area (Å²) in [7, 11) is -3.52. The van der Waals surface area contributed by atoms with Crippen LogP contribution < -0.4 is 5.73 Å². The van der Waals surface area contributed by atoms with Crippen molar-refractivity contribution in [2.45, 2.75) is 37.3 Å². The molecular formula is C14H22N2O2S2. The molecule has 112 valence electrons. The number of nitrogen functional groups attached to an aromatic ring is 1. The van der Waals surface area contributed by atoms with Gasteiger partial charge < -0.3 is 5.73 Å². The van der Waals surface area contributed by atoms with Crippen LogP contribution in [-0.4, -0.2) is 36.3 Å². The summed E-state index contributed by atoms with van der Waals surface area (Å²) < 4.78 is 27.3. The molecule has 2 N–H and O–H groups in total. The van der Waals surface area contributed by atoms with E-state index in [1.807, 2.05) is 31.7 Å². The number of anilines is 1. The molecule has 2 rings (SSSR count). The Balaban J connectivity index is 2.49. The number of nitrogens with two attached hydrogens (primary N) is 1. The van der Waals surface area contributed by atoms with Gasteiger partial charge in [-0.1, -0.05) is 6.07 Å². The average Bonchev–Trinajstić information content (AvgIpc) is 2.33. The van der Waals surface area contributed by atoms with Crippen molar-refractivity contribution in [2.75, 3.05) is 24.6 Å². The third-order valence-corrected chi connectivity index (χ3v) is 7.04. The Bertz CT molecular complexity index is 624. The molecule has 1 aromatic rings. The van der Waals surface area contributed by atoms with E-state index in [9.17, 15) is 8.42 Å². The van der Waals surface area contributed by atoms with Gasteiger partial charge in [-0.3, -0.25) is 0 Å². The van der Waals surface area contributed by atoms with Gasteiger partial charge in [-0.05, 0) is 44.9 Å². The maximum atomic E-state index is 12.9. The molecule has 0 amide bonds. The predicted molar refractivity (Wildman–Crippen MR) is 85.6 cm³/mol. The lowest BCUT2D eigenvalue weighted by atomic mass is 10.1. The van der Waals surface area contributed by atoms with E-state index in [2.05, 4.69) is 13.8 Å². The maximum Gasteiger partial charge on any atom is 0.245 e. The fourth-order valence-electron chi connectivity index (χ4n) is 2.46. The molecule has 4 nitrogen and oxygen atoms in total. The van der Waals surface area contributed by atoms with Gasteiger partial charge >= 0.3 is 0 Å². The number of hydrogen-bond acceptors (Lipinski definition) is 4. The summed E-state index contributed by atoms with van der Waals surface area (Å²) in [4.78, 5) is 0.278. The van der Waals surface area contributed by atoms with Gasteiger partial charge in [-0.15, -0.1) is 0 Å². The van der Waals surface area contributed by atoms with E-state index in [1.54, 1.807) is 10.4 Å². The van der Waals surface area contributed by atoms with Crippen molar-refractivity contribution in [1.29, 1.82) is 0 Å². The van der Waals surface area contributed by atoms with Crippen LogP contribution in [0, 0.1) is 13.8 Å². The summed E-state index contributed by atoms with van der Waals surface area (Å²) in [6.45, 7) is 8.94. The largest absolute Gasteiger partial charge is 0.398 e. The second-order valence-corrected chi connectivity index (χ2v) is 9.55. The molecular weight excluding hydrogens is 292 g/mol. The third-order valence-electron chi connectivity index (χ3n) is 3.70. The van der Waals surface area contributed by atoms with Crippen LogP contribution in [0.3, 0.4) is 0 Å². The number of benzene rings is 1. The van der Waals surface area contributed by atoms with Crippen molar-refractivity contribution < 1.29 is 8.42 Å². The number of rotatable bonds is 2. The number of aryl methyl sites for hydroxylation is 1.